The molecule has 0 bridgehead atoms. The highest BCUT2D eigenvalue weighted by Gasteiger charge is 2.36. The summed E-state index contributed by atoms with van der Waals surface area (Å²) < 4.78 is 45.8. The van der Waals surface area contributed by atoms with E-state index in [0.29, 0.717) is 11.3 Å². The number of methoxy groups -OCH3 is 1. The highest BCUT2D eigenvalue weighted by atomic mass is 32.1. The molecule has 0 aliphatic heterocycles. The lowest BCUT2D eigenvalue weighted by molar-refractivity contribution is -0.136. The van der Waals surface area contributed by atoms with E-state index in [0.717, 1.165) is 17.4 Å². The summed E-state index contributed by atoms with van der Waals surface area (Å²) in [5, 5.41) is -0.307. The Hall–Kier alpha value is -2.85. The molecule has 0 saturated heterocycles. The molecule has 10 heteroatoms. The monoisotopic (exact) mass is 382 g/mol. The molecule has 0 radical (unpaired) electrons. The molecule has 1 amide bonds. The summed E-state index contributed by atoms with van der Waals surface area (Å²) in [6.07, 6.45) is -4.67. The second kappa shape index (κ2) is 6.46. The number of thiophene rings is 1. The number of hydrogen-bond donors (Lipinski definition) is 3. The molecule has 0 unspecified atom stereocenters. The van der Waals surface area contributed by atoms with Gasteiger partial charge in [-0.2, -0.15) is 13.2 Å². The Balaban J connectivity index is 2.28. The lowest BCUT2D eigenvalue weighted by atomic mass is 10.1. The van der Waals surface area contributed by atoms with Gasteiger partial charge in [0.2, 0.25) is 0 Å². The minimum atomic E-state index is -4.67. The molecule has 2 heterocycles. The van der Waals surface area contributed by atoms with Gasteiger partial charge in [0.25, 0.3) is 5.91 Å². The third-order valence-corrected chi connectivity index (χ3v) is 4.83. The van der Waals surface area contributed by atoms with Crippen LogP contribution in [0.5, 0.6) is 5.75 Å². The molecule has 5 N–H and O–H groups in total. The van der Waals surface area contributed by atoms with E-state index in [4.69, 9.17) is 16.3 Å². The summed E-state index contributed by atoms with van der Waals surface area (Å²) in [5.74, 6) is 4.85. The molecule has 0 spiro atoms. The van der Waals surface area contributed by atoms with E-state index in [1.165, 1.54) is 7.11 Å². The van der Waals surface area contributed by atoms with Gasteiger partial charge in [-0.15, -0.1) is 11.3 Å². The Bertz CT molecular complexity index is 984. The third kappa shape index (κ3) is 3.04. The fraction of sp³-hybridized carbons (Fsp3) is 0.125. The first-order valence-electron chi connectivity index (χ1n) is 7.21. The number of aromatic nitrogens is 1. The molecule has 136 valence electrons. The molecule has 0 fully saturated rings. The first-order valence-corrected chi connectivity index (χ1v) is 8.03. The van der Waals surface area contributed by atoms with Crippen LogP contribution in [-0.2, 0) is 6.18 Å². The molecule has 6 nitrogen and oxygen atoms in total. The number of carbonyl (C=O) groups excluding carboxylic acids is 1. The van der Waals surface area contributed by atoms with Gasteiger partial charge >= 0.3 is 6.18 Å². The minimum absolute atomic E-state index is 0.00161. The maximum absolute atomic E-state index is 13.6. The van der Waals surface area contributed by atoms with Crippen molar-refractivity contribution in [3.05, 3.63) is 40.8 Å². The average molecular weight is 382 g/mol. The van der Waals surface area contributed by atoms with Crippen LogP contribution in [0.15, 0.2) is 30.3 Å². The maximum Gasteiger partial charge on any atom is 0.417 e. The average Bonchev–Trinajstić information content (AvgIpc) is 2.96. The predicted molar refractivity (Wildman–Crippen MR) is 92.7 cm³/mol. The highest BCUT2D eigenvalue weighted by Crippen LogP contribution is 2.43. The predicted octanol–water partition coefficient (Wildman–Crippen LogP) is 3.18. The molecule has 0 aliphatic rings. The lowest BCUT2D eigenvalue weighted by Crippen LogP contribution is -2.29. The summed E-state index contributed by atoms with van der Waals surface area (Å²) in [6, 6.07) is 7.34. The highest BCUT2D eigenvalue weighted by molar-refractivity contribution is 7.21. The first kappa shape index (κ1) is 18.0. The molecular weight excluding hydrogens is 369 g/mol. The van der Waals surface area contributed by atoms with Crippen molar-refractivity contribution in [2.24, 2.45) is 5.84 Å². The van der Waals surface area contributed by atoms with E-state index in [-0.39, 0.29) is 26.5 Å². The van der Waals surface area contributed by atoms with Gasteiger partial charge in [-0.05, 0) is 30.3 Å². The van der Waals surface area contributed by atoms with Crippen LogP contribution in [0.25, 0.3) is 21.5 Å². The maximum atomic E-state index is 13.6. The Labute approximate surface area is 149 Å². The number of amides is 1. The number of nitrogens with zero attached hydrogens (tertiary/aromatic N) is 1. The molecule has 26 heavy (non-hydrogen) atoms. The van der Waals surface area contributed by atoms with Crippen molar-refractivity contribution < 1.29 is 22.7 Å². The van der Waals surface area contributed by atoms with E-state index >= 15 is 0 Å². The summed E-state index contributed by atoms with van der Waals surface area (Å²) in [4.78, 5) is 15.9. The van der Waals surface area contributed by atoms with Crippen LogP contribution in [0.3, 0.4) is 0 Å². The molecule has 2 aromatic heterocycles. The van der Waals surface area contributed by atoms with Crippen molar-refractivity contribution >= 4 is 33.1 Å². The van der Waals surface area contributed by atoms with Crippen LogP contribution in [0.2, 0.25) is 0 Å². The topological polar surface area (TPSA) is 103 Å². The SMILES string of the molecule is COc1ccc(-c2cc(C(F)(F)F)c3c(N)c(C(=O)NN)sc3n2)cc1. The van der Waals surface area contributed by atoms with Gasteiger partial charge in [-0.3, -0.25) is 10.2 Å². The zero-order valence-electron chi connectivity index (χ0n) is 13.3. The number of carbonyl (C=O) groups is 1. The van der Waals surface area contributed by atoms with Crippen LogP contribution in [0.1, 0.15) is 15.2 Å². The summed E-state index contributed by atoms with van der Waals surface area (Å²) in [5.41, 5.74) is 6.96. The number of nitrogens with one attached hydrogen (secondary N) is 1. The Morgan fingerprint density at radius 1 is 1.27 bits per heavy atom. The summed E-state index contributed by atoms with van der Waals surface area (Å²) in [7, 11) is 1.49. The van der Waals surface area contributed by atoms with Crippen LogP contribution in [0, 0.1) is 0 Å². The van der Waals surface area contributed by atoms with Gasteiger partial charge in [-0.1, -0.05) is 0 Å². The van der Waals surface area contributed by atoms with Gasteiger partial charge in [0.1, 0.15) is 15.5 Å². The van der Waals surface area contributed by atoms with E-state index in [1.807, 2.05) is 5.43 Å². The molecule has 3 rings (SSSR count). The lowest BCUT2D eigenvalue weighted by Gasteiger charge is -2.11. The number of rotatable bonds is 3. The van der Waals surface area contributed by atoms with Gasteiger partial charge in [-0.25, -0.2) is 10.8 Å². The quantitative estimate of drug-likeness (QED) is 0.367. The van der Waals surface area contributed by atoms with E-state index in [9.17, 15) is 18.0 Å². The number of pyridine rings is 1. The van der Waals surface area contributed by atoms with E-state index in [1.54, 1.807) is 24.3 Å². The first-order chi connectivity index (χ1) is 12.3. The van der Waals surface area contributed by atoms with Crippen molar-refractivity contribution in [2.75, 3.05) is 12.8 Å². The van der Waals surface area contributed by atoms with Crippen molar-refractivity contribution in [2.45, 2.75) is 6.18 Å². The summed E-state index contributed by atoms with van der Waals surface area (Å²) in [6.45, 7) is 0. The Morgan fingerprint density at radius 2 is 1.92 bits per heavy atom. The number of benzene rings is 1. The molecule has 0 atom stereocenters. The normalized spacial score (nSPS) is 11.6. The molecule has 0 aliphatic carbocycles. The fourth-order valence-corrected chi connectivity index (χ4v) is 3.51. The smallest absolute Gasteiger partial charge is 0.417 e. The number of ether oxygens (including phenoxy) is 1. The Kier molecular flexibility index (Phi) is 4.46. The fourth-order valence-electron chi connectivity index (χ4n) is 2.49. The van der Waals surface area contributed by atoms with Gasteiger partial charge < -0.3 is 10.5 Å². The molecule has 1 aromatic carbocycles. The van der Waals surface area contributed by atoms with Crippen LogP contribution < -0.4 is 21.7 Å². The summed E-state index contributed by atoms with van der Waals surface area (Å²) >= 11 is 0.751. The number of hydrazine groups is 1. The van der Waals surface area contributed by atoms with Crippen molar-refractivity contribution in [1.29, 1.82) is 0 Å². The van der Waals surface area contributed by atoms with Gasteiger partial charge in [0.15, 0.2) is 0 Å². The number of nitrogen functional groups attached to an aromatic ring is 2. The van der Waals surface area contributed by atoms with Crippen LogP contribution in [-0.4, -0.2) is 18.0 Å². The second-order valence-electron chi connectivity index (χ2n) is 5.28. The third-order valence-electron chi connectivity index (χ3n) is 3.73. The van der Waals surface area contributed by atoms with Gasteiger partial charge in [0.05, 0.1) is 24.1 Å². The standard InChI is InChI=1S/C16H13F3N4O2S/c1-25-8-4-2-7(3-5-8)10-6-9(16(17,18)19)11-12(20)13(14(24)23-21)26-15(11)22-10/h2-6H,20-21H2,1H3,(H,23,24). The van der Waals surface area contributed by atoms with E-state index in [2.05, 4.69) is 4.98 Å². The van der Waals surface area contributed by atoms with Crippen LogP contribution in [0.4, 0.5) is 18.9 Å². The Morgan fingerprint density at radius 3 is 2.46 bits per heavy atom. The molecule has 0 saturated carbocycles. The largest absolute Gasteiger partial charge is 0.497 e. The number of fused-ring (bicyclic) bond motifs is 1. The van der Waals surface area contributed by atoms with Gasteiger partial charge in [0, 0.05) is 10.9 Å². The number of anilines is 1. The number of alkyl halides is 3. The number of halogens is 3. The second-order valence-corrected chi connectivity index (χ2v) is 6.28. The van der Waals surface area contributed by atoms with E-state index < -0.39 is 17.6 Å². The number of nitrogens with two attached hydrogens (primary N) is 2. The van der Waals surface area contributed by atoms with Crippen molar-refractivity contribution in [1.82, 2.24) is 10.4 Å². The zero-order chi connectivity index (χ0) is 19.1. The molecule has 3 aromatic rings. The van der Waals surface area contributed by atoms with Crippen molar-refractivity contribution in [3.63, 3.8) is 0 Å². The molecular formula is C16H13F3N4O2S. The van der Waals surface area contributed by atoms with Crippen LogP contribution >= 0.6 is 11.3 Å². The number of hydrogen-bond acceptors (Lipinski definition) is 6. The van der Waals surface area contributed by atoms with Crippen molar-refractivity contribution in [3.8, 4) is 17.0 Å². The zero-order valence-corrected chi connectivity index (χ0v) is 14.2. The minimum Gasteiger partial charge on any atom is -0.497 e.